The van der Waals surface area contributed by atoms with E-state index in [1.165, 1.54) is 7.11 Å². The molecule has 0 spiro atoms. The molecule has 0 fully saturated rings. The zero-order valence-corrected chi connectivity index (χ0v) is 12.5. The first-order chi connectivity index (χ1) is 9.92. The summed E-state index contributed by atoms with van der Waals surface area (Å²) in [5.74, 6) is -0.630. The van der Waals surface area contributed by atoms with Gasteiger partial charge in [0.05, 0.1) is 12.5 Å². The van der Waals surface area contributed by atoms with Gasteiger partial charge in [-0.15, -0.1) is 0 Å². The number of ether oxygens (including phenoxy) is 2. The zero-order valence-electron chi connectivity index (χ0n) is 12.5. The molecule has 0 saturated carbocycles. The number of aryl methyl sites for hydroxylation is 2. The molecule has 116 valence electrons. The van der Waals surface area contributed by atoms with E-state index in [4.69, 9.17) is 14.6 Å². The molecule has 0 saturated heterocycles. The first kappa shape index (κ1) is 17.0. The number of amides is 1. The molecular formula is C15H21NO5. The normalized spacial score (nSPS) is 11.8. The van der Waals surface area contributed by atoms with Gasteiger partial charge in [0.15, 0.2) is 6.61 Å². The number of nitrogens with one attached hydrogen (secondary N) is 1. The van der Waals surface area contributed by atoms with Crippen LogP contribution < -0.4 is 10.1 Å². The molecule has 6 heteroatoms. The van der Waals surface area contributed by atoms with Gasteiger partial charge in [-0.2, -0.15) is 0 Å². The van der Waals surface area contributed by atoms with Crippen LogP contribution in [0.3, 0.4) is 0 Å². The van der Waals surface area contributed by atoms with Crippen molar-refractivity contribution in [2.24, 2.45) is 0 Å². The Morgan fingerprint density at radius 3 is 2.62 bits per heavy atom. The van der Waals surface area contributed by atoms with E-state index in [9.17, 15) is 9.59 Å². The van der Waals surface area contributed by atoms with Crippen LogP contribution in [-0.2, 0) is 14.3 Å². The van der Waals surface area contributed by atoms with Crippen molar-refractivity contribution in [3.05, 3.63) is 29.3 Å². The lowest BCUT2D eigenvalue weighted by Crippen LogP contribution is -2.37. The molecule has 0 aliphatic heterocycles. The maximum Gasteiger partial charge on any atom is 0.306 e. The summed E-state index contributed by atoms with van der Waals surface area (Å²) in [6.45, 7) is 3.91. The summed E-state index contributed by atoms with van der Waals surface area (Å²) in [7, 11) is 1.41. The fourth-order valence-corrected chi connectivity index (χ4v) is 1.82. The second-order valence-corrected chi connectivity index (χ2v) is 4.82. The van der Waals surface area contributed by atoms with Crippen molar-refractivity contribution in [1.29, 1.82) is 0 Å². The fraction of sp³-hybridized carbons (Fsp3) is 0.467. The number of carboxylic acids is 1. The Bertz CT molecular complexity index is 501. The highest BCUT2D eigenvalue weighted by molar-refractivity contribution is 5.77. The van der Waals surface area contributed by atoms with Crippen LogP contribution >= 0.6 is 0 Å². The summed E-state index contributed by atoms with van der Waals surface area (Å²) < 4.78 is 10.4. The predicted octanol–water partition coefficient (Wildman–Crippen LogP) is 1.29. The van der Waals surface area contributed by atoms with Crippen LogP contribution in [0.2, 0.25) is 0 Å². The van der Waals surface area contributed by atoms with Crippen molar-refractivity contribution < 1.29 is 24.2 Å². The number of aliphatic carboxylic acids is 1. The highest BCUT2D eigenvalue weighted by Crippen LogP contribution is 2.18. The van der Waals surface area contributed by atoms with E-state index in [1.807, 2.05) is 32.0 Å². The molecule has 1 atom stereocenters. The molecule has 0 radical (unpaired) electrons. The van der Waals surface area contributed by atoms with E-state index in [0.29, 0.717) is 5.75 Å². The zero-order chi connectivity index (χ0) is 15.8. The third-order valence-corrected chi connectivity index (χ3v) is 2.95. The Balaban J connectivity index is 2.38. The second-order valence-electron chi connectivity index (χ2n) is 4.82. The van der Waals surface area contributed by atoms with Gasteiger partial charge in [-0.3, -0.25) is 9.59 Å². The molecule has 0 aliphatic carbocycles. The lowest BCUT2D eigenvalue weighted by Gasteiger charge is -2.14. The third-order valence-electron chi connectivity index (χ3n) is 2.95. The number of carbonyl (C=O) groups is 2. The molecule has 1 unspecified atom stereocenters. The van der Waals surface area contributed by atoms with Crippen LogP contribution in [0, 0.1) is 13.8 Å². The molecule has 0 bridgehead atoms. The summed E-state index contributed by atoms with van der Waals surface area (Å²) in [6, 6.07) is 5.70. The first-order valence-electron chi connectivity index (χ1n) is 6.63. The van der Waals surface area contributed by atoms with Gasteiger partial charge < -0.3 is 19.9 Å². The van der Waals surface area contributed by atoms with E-state index < -0.39 is 12.1 Å². The van der Waals surface area contributed by atoms with Gasteiger partial charge in [-0.05, 0) is 25.5 Å². The third kappa shape index (κ3) is 6.27. The Morgan fingerprint density at radius 1 is 1.33 bits per heavy atom. The van der Waals surface area contributed by atoms with Crippen molar-refractivity contribution in [1.82, 2.24) is 5.32 Å². The van der Waals surface area contributed by atoms with Gasteiger partial charge in [0.1, 0.15) is 5.75 Å². The number of rotatable bonds is 8. The summed E-state index contributed by atoms with van der Waals surface area (Å²) in [6.07, 6.45) is -0.707. The van der Waals surface area contributed by atoms with E-state index in [2.05, 4.69) is 5.32 Å². The number of hydrogen-bond acceptors (Lipinski definition) is 4. The summed E-state index contributed by atoms with van der Waals surface area (Å²) in [5.41, 5.74) is 2.09. The molecule has 0 heterocycles. The maximum atomic E-state index is 11.7. The highest BCUT2D eigenvalue weighted by atomic mass is 16.5. The number of benzene rings is 1. The monoisotopic (exact) mass is 295 g/mol. The molecule has 1 amide bonds. The Hall–Kier alpha value is -2.08. The predicted molar refractivity (Wildman–Crippen MR) is 77.5 cm³/mol. The average molecular weight is 295 g/mol. The van der Waals surface area contributed by atoms with Gasteiger partial charge in [-0.25, -0.2) is 0 Å². The summed E-state index contributed by atoms with van der Waals surface area (Å²) in [5, 5.41) is 11.3. The number of hydrogen-bond donors (Lipinski definition) is 2. The van der Waals surface area contributed by atoms with Gasteiger partial charge in [0, 0.05) is 13.7 Å². The molecule has 0 aliphatic rings. The van der Waals surface area contributed by atoms with Crippen molar-refractivity contribution in [3.63, 3.8) is 0 Å². The Labute approximate surface area is 124 Å². The van der Waals surface area contributed by atoms with Crippen LogP contribution in [0.15, 0.2) is 18.2 Å². The minimum Gasteiger partial charge on any atom is -0.484 e. The van der Waals surface area contributed by atoms with E-state index in [1.54, 1.807) is 0 Å². The maximum absolute atomic E-state index is 11.7. The fourth-order valence-electron chi connectivity index (χ4n) is 1.82. The summed E-state index contributed by atoms with van der Waals surface area (Å²) in [4.78, 5) is 22.2. The molecule has 1 aromatic carbocycles. The summed E-state index contributed by atoms with van der Waals surface area (Å²) >= 11 is 0. The van der Waals surface area contributed by atoms with Crippen LogP contribution in [0.25, 0.3) is 0 Å². The molecule has 1 aromatic rings. The lowest BCUT2D eigenvalue weighted by molar-refractivity contribution is -0.140. The van der Waals surface area contributed by atoms with Gasteiger partial charge in [0.25, 0.3) is 5.91 Å². The standard InChI is InChI=1S/C15H21NO5/c1-10-4-5-13(11(2)6-10)21-9-14(17)16-8-12(20-3)7-15(18)19/h4-6,12H,7-9H2,1-3H3,(H,16,17)(H,18,19). The average Bonchev–Trinajstić information content (AvgIpc) is 2.42. The SMILES string of the molecule is COC(CNC(=O)COc1ccc(C)cc1C)CC(=O)O. The second kappa shape index (κ2) is 8.26. The molecule has 1 rings (SSSR count). The molecule has 6 nitrogen and oxygen atoms in total. The van der Waals surface area contributed by atoms with Crippen LogP contribution in [-0.4, -0.2) is 43.3 Å². The number of methoxy groups -OCH3 is 1. The van der Waals surface area contributed by atoms with Gasteiger partial charge in [-0.1, -0.05) is 17.7 Å². The molecule has 21 heavy (non-hydrogen) atoms. The smallest absolute Gasteiger partial charge is 0.306 e. The van der Waals surface area contributed by atoms with Crippen LogP contribution in [0.1, 0.15) is 17.5 Å². The van der Waals surface area contributed by atoms with Crippen molar-refractivity contribution >= 4 is 11.9 Å². The molecular weight excluding hydrogens is 274 g/mol. The highest BCUT2D eigenvalue weighted by Gasteiger charge is 2.13. The lowest BCUT2D eigenvalue weighted by atomic mass is 10.1. The number of carbonyl (C=O) groups excluding carboxylic acids is 1. The van der Waals surface area contributed by atoms with Crippen molar-refractivity contribution in [2.45, 2.75) is 26.4 Å². The molecule has 0 aromatic heterocycles. The topological polar surface area (TPSA) is 84.9 Å². The van der Waals surface area contributed by atoms with Crippen LogP contribution in [0.4, 0.5) is 0 Å². The van der Waals surface area contributed by atoms with Crippen molar-refractivity contribution in [3.8, 4) is 5.75 Å². The van der Waals surface area contributed by atoms with Gasteiger partial charge >= 0.3 is 5.97 Å². The first-order valence-corrected chi connectivity index (χ1v) is 6.63. The number of carboxylic acid groups (broad SMARTS) is 1. The minimum atomic E-state index is -0.970. The van der Waals surface area contributed by atoms with E-state index in [0.717, 1.165) is 11.1 Å². The minimum absolute atomic E-state index is 0.118. The van der Waals surface area contributed by atoms with Crippen LogP contribution in [0.5, 0.6) is 5.75 Å². The van der Waals surface area contributed by atoms with Gasteiger partial charge in [0.2, 0.25) is 0 Å². The Morgan fingerprint density at radius 2 is 2.05 bits per heavy atom. The largest absolute Gasteiger partial charge is 0.484 e. The molecule has 2 N–H and O–H groups in total. The quantitative estimate of drug-likeness (QED) is 0.755. The van der Waals surface area contributed by atoms with E-state index in [-0.39, 0.29) is 25.5 Å². The van der Waals surface area contributed by atoms with E-state index >= 15 is 0 Å². The Kier molecular flexibility index (Phi) is 6.68. The van der Waals surface area contributed by atoms with Crippen molar-refractivity contribution in [2.75, 3.05) is 20.3 Å².